The summed E-state index contributed by atoms with van der Waals surface area (Å²) in [7, 11) is 0. The van der Waals surface area contributed by atoms with Crippen LogP contribution in [0.5, 0.6) is 0 Å². The van der Waals surface area contributed by atoms with Gasteiger partial charge >= 0.3 is 0 Å². The van der Waals surface area contributed by atoms with E-state index in [0.29, 0.717) is 22.6 Å². The third-order valence-electron chi connectivity index (χ3n) is 5.33. The van der Waals surface area contributed by atoms with Crippen LogP contribution in [0.2, 0.25) is 0 Å². The number of amides is 1. The molecular weight excluding hydrogens is 398 g/mol. The highest BCUT2D eigenvalue weighted by Crippen LogP contribution is 2.24. The van der Waals surface area contributed by atoms with E-state index in [4.69, 9.17) is 9.72 Å². The zero-order chi connectivity index (χ0) is 20.9. The lowest BCUT2D eigenvalue weighted by Crippen LogP contribution is -2.33. The van der Waals surface area contributed by atoms with Gasteiger partial charge in [-0.25, -0.2) is 4.98 Å². The molecule has 1 amide bonds. The molecule has 0 unspecified atom stereocenters. The molecule has 1 aromatic heterocycles. The molecule has 156 valence electrons. The number of ether oxygens (including phenoxy) is 1. The van der Waals surface area contributed by atoms with Crippen LogP contribution in [-0.4, -0.2) is 40.5 Å². The van der Waals surface area contributed by atoms with Crippen molar-refractivity contribution in [2.45, 2.75) is 37.1 Å². The maximum Gasteiger partial charge on any atom is 0.262 e. The van der Waals surface area contributed by atoms with Crippen LogP contribution in [0, 0.1) is 0 Å². The minimum absolute atomic E-state index is 0.0863. The fourth-order valence-corrected chi connectivity index (χ4v) is 4.57. The first kappa shape index (κ1) is 20.6. The Hall–Kier alpha value is -2.64. The van der Waals surface area contributed by atoms with Crippen LogP contribution in [0.3, 0.4) is 0 Å². The molecule has 0 saturated carbocycles. The smallest absolute Gasteiger partial charge is 0.262 e. The molecule has 2 atom stereocenters. The van der Waals surface area contributed by atoms with Crippen molar-refractivity contribution in [1.29, 1.82) is 0 Å². The summed E-state index contributed by atoms with van der Waals surface area (Å²) in [4.78, 5) is 30.4. The van der Waals surface area contributed by atoms with E-state index in [9.17, 15) is 9.59 Å². The molecule has 4 rings (SSSR count). The Morgan fingerprint density at radius 1 is 1.23 bits per heavy atom. The zero-order valence-corrected chi connectivity index (χ0v) is 17.7. The molecule has 7 heteroatoms. The summed E-state index contributed by atoms with van der Waals surface area (Å²) in [5.41, 5.74) is 1.56. The number of hydrogen-bond acceptors (Lipinski definition) is 5. The highest BCUT2D eigenvalue weighted by Gasteiger charge is 2.20. The standard InChI is InChI=1S/C23H25N3O3S/c1-16(17-8-3-2-4-9-17)26-22(28)19-11-5-6-12-20(19)25-23(26)30-15-21(27)24-14-18-10-7-13-29-18/h2-6,8-9,11-12,16,18H,7,10,13-15H2,1H3,(H,24,27)/t16-,18-/m1/s1. The summed E-state index contributed by atoms with van der Waals surface area (Å²) in [6, 6.07) is 17.0. The number of nitrogens with one attached hydrogen (secondary N) is 1. The van der Waals surface area contributed by atoms with E-state index in [1.54, 1.807) is 10.6 Å². The summed E-state index contributed by atoms with van der Waals surface area (Å²) in [6.07, 6.45) is 2.13. The molecule has 1 aliphatic rings. The van der Waals surface area contributed by atoms with Crippen molar-refractivity contribution in [3.8, 4) is 0 Å². The van der Waals surface area contributed by atoms with E-state index >= 15 is 0 Å². The van der Waals surface area contributed by atoms with Crippen LogP contribution >= 0.6 is 11.8 Å². The predicted octanol–water partition coefficient (Wildman–Crippen LogP) is 3.39. The summed E-state index contributed by atoms with van der Waals surface area (Å²) in [5, 5.41) is 4.05. The SMILES string of the molecule is C[C@H](c1ccccc1)n1c(SCC(=O)NC[C@H]2CCCO2)nc2ccccc2c1=O. The number of carbonyl (C=O) groups is 1. The largest absolute Gasteiger partial charge is 0.376 e. The first-order valence-corrected chi connectivity index (χ1v) is 11.2. The van der Waals surface area contributed by atoms with Crippen LogP contribution < -0.4 is 10.9 Å². The Kier molecular flexibility index (Phi) is 6.50. The summed E-state index contributed by atoms with van der Waals surface area (Å²) in [6.45, 7) is 3.27. The highest BCUT2D eigenvalue weighted by molar-refractivity contribution is 7.99. The fraction of sp³-hybridized carbons (Fsp3) is 0.348. The Balaban J connectivity index is 1.59. The van der Waals surface area contributed by atoms with Crippen LogP contribution in [-0.2, 0) is 9.53 Å². The van der Waals surface area contributed by atoms with Crippen molar-refractivity contribution >= 4 is 28.6 Å². The second-order valence-corrected chi connectivity index (χ2v) is 8.34. The van der Waals surface area contributed by atoms with Crippen LogP contribution in [0.4, 0.5) is 0 Å². The van der Waals surface area contributed by atoms with Gasteiger partial charge in [-0.05, 0) is 37.5 Å². The van der Waals surface area contributed by atoms with Gasteiger partial charge < -0.3 is 10.1 Å². The van der Waals surface area contributed by atoms with E-state index in [1.165, 1.54) is 11.8 Å². The normalized spacial score (nSPS) is 17.2. The Morgan fingerprint density at radius 3 is 2.77 bits per heavy atom. The van der Waals surface area contributed by atoms with E-state index < -0.39 is 0 Å². The lowest BCUT2D eigenvalue weighted by Gasteiger charge is -2.20. The number of carbonyl (C=O) groups excluding carboxylic acids is 1. The first-order chi connectivity index (χ1) is 14.6. The van der Waals surface area contributed by atoms with Crippen LogP contribution in [0.15, 0.2) is 64.5 Å². The molecule has 2 heterocycles. The third-order valence-corrected chi connectivity index (χ3v) is 6.28. The molecule has 1 aliphatic heterocycles. The number of fused-ring (bicyclic) bond motifs is 1. The molecule has 1 fully saturated rings. The van der Waals surface area contributed by atoms with Crippen LogP contribution in [0.25, 0.3) is 10.9 Å². The quantitative estimate of drug-likeness (QED) is 0.466. The Bertz CT molecular complexity index is 1080. The molecule has 0 spiro atoms. The van der Waals surface area contributed by atoms with Gasteiger partial charge in [0.25, 0.3) is 5.56 Å². The van der Waals surface area contributed by atoms with E-state index in [1.807, 2.05) is 55.5 Å². The average Bonchev–Trinajstić information content (AvgIpc) is 3.30. The number of para-hydroxylation sites is 1. The summed E-state index contributed by atoms with van der Waals surface area (Å²) in [5.74, 6) is 0.107. The summed E-state index contributed by atoms with van der Waals surface area (Å²) >= 11 is 1.29. The number of hydrogen-bond donors (Lipinski definition) is 1. The lowest BCUT2D eigenvalue weighted by atomic mass is 10.1. The lowest BCUT2D eigenvalue weighted by molar-refractivity contribution is -0.119. The predicted molar refractivity (Wildman–Crippen MR) is 119 cm³/mol. The van der Waals surface area contributed by atoms with Crippen molar-refractivity contribution in [1.82, 2.24) is 14.9 Å². The number of aromatic nitrogens is 2. The molecule has 1 N–H and O–H groups in total. The van der Waals surface area contributed by atoms with Crippen molar-refractivity contribution in [2.24, 2.45) is 0 Å². The Morgan fingerprint density at radius 2 is 2.00 bits per heavy atom. The second-order valence-electron chi connectivity index (χ2n) is 7.40. The van der Waals surface area contributed by atoms with Crippen LogP contribution in [0.1, 0.15) is 31.4 Å². The molecular formula is C23H25N3O3S. The second kappa shape index (κ2) is 9.45. The molecule has 0 radical (unpaired) electrons. The van der Waals surface area contributed by atoms with Gasteiger partial charge in [0.05, 0.1) is 28.8 Å². The van der Waals surface area contributed by atoms with Gasteiger partial charge in [-0.3, -0.25) is 14.2 Å². The number of thioether (sulfide) groups is 1. The van der Waals surface area contributed by atoms with Gasteiger partial charge in [-0.1, -0.05) is 54.2 Å². The van der Waals surface area contributed by atoms with Crippen molar-refractivity contribution in [3.05, 3.63) is 70.5 Å². The molecule has 0 bridgehead atoms. The minimum atomic E-state index is -0.201. The van der Waals surface area contributed by atoms with Gasteiger partial charge in [0, 0.05) is 13.2 Å². The molecule has 30 heavy (non-hydrogen) atoms. The maximum absolute atomic E-state index is 13.3. The highest BCUT2D eigenvalue weighted by atomic mass is 32.2. The average molecular weight is 424 g/mol. The van der Waals surface area contributed by atoms with E-state index in [2.05, 4.69) is 5.32 Å². The first-order valence-electron chi connectivity index (χ1n) is 10.2. The summed E-state index contributed by atoms with van der Waals surface area (Å²) < 4.78 is 7.24. The number of nitrogens with zero attached hydrogens (tertiary/aromatic N) is 2. The molecule has 6 nitrogen and oxygen atoms in total. The van der Waals surface area contributed by atoms with Crippen molar-refractivity contribution in [3.63, 3.8) is 0 Å². The third kappa shape index (κ3) is 4.57. The van der Waals surface area contributed by atoms with Gasteiger partial charge in [0.15, 0.2) is 5.16 Å². The molecule has 3 aromatic rings. The number of benzene rings is 2. The van der Waals surface area contributed by atoms with Gasteiger partial charge in [-0.2, -0.15) is 0 Å². The van der Waals surface area contributed by atoms with Gasteiger partial charge in [-0.15, -0.1) is 0 Å². The van der Waals surface area contributed by atoms with E-state index in [-0.39, 0.29) is 29.4 Å². The van der Waals surface area contributed by atoms with Crippen molar-refractivity contribution < 1.29 is 9.53 Å². The molecule has 2 aromatic carbocycles. The topological polar surface area (TPSA) is 73.2 Å². The van der Waals surface area contributed by atoms with Gasteiger partial charge in [0.2, 0.25) is 5.91 Å². The molecule has 1 saturated heterocycles. The minimum Gasteiger partial charge on any atom is -0.376 e. The van der Waals surface area contributed by atoms with Gasteiger partial charge in [0.1, 0.15) is 0 Å². The number of rotatable bonds is 7. The Labute approximate surface area is 179 Å². The maximum atomic E-state index is 13.3. The monoisotopic (exact) mass is 423 g/mol. The molecule has 0 aliphatic carbocycles. The zero-order valence-electron chi connectivity index (χ0n) is 16.9. The van der Waals surface area contributed by atoms with E-state index in [0.717, 1.165) is 25.0 Å². The van der Waals surface area contributed by atoms with Crippen molar-refractivity contribution in [2.75, 3.05) is 18.9 Å². The fourth-order valence-electron chi connectivity index (χ4n) is 3.66.